The van der Waals surface area contributed by atoms with E-state index in [0.29, 0.717) is 5.01 Å². The molecule has 0 radical (unpaired) electrons. The molecular weight excluding hydrogens is 506 g/mol. The predicted molar refractivity (Wildman–Crippen MR) is 157 cm³/mol. The maximum atomic E-state index is 13.0. The highest BCUT2D eigenvalue weighted by Gasteiger charge is 2.24. The van der Waals surface area contributed by atoms with Crippen LogP contribution in [0.5, 0.6) is 5.75 Å². The number of nitrogens with one attached hydrogen (secondary N) is 1. The lowest BCUT2D eigenvalue weighted by Crippen LogP contribution is -2.44. The second-order valence-electron chi connectivity index (χ2n) is 10.7. The molecule has 0 unspecified atom stereocenters. The number of thiazole rings is 1. The summed E-state index contributed by atoms with van der Waals surface area (Å²) in [7, 11) is 0. The molecule has 2 aliphatic heterocycles. The van der Waals surface area contributed by atoms with Crippen molar-refractivity contribution in [2.75, 3.05) is 31.1 Å². The number of aromatic nitrogens is 2. The average molecular weight is 542 g/mol. The summed E-state index contributed by atoms with van der Waals surface area (Å²) in [6.07, 6.45) is 7.75. The lowest BCUT2D eigenvalue weighted by atomic mass is 10.0. The van der Waals surface area contributed by atoms with Gasteiger partial charge in [0, 0.05) is 69.7 Å². The molecule has 1 N–H and O–H groups in total. The molecule has 4 heterocycles. The van der Waals surface area contributed by atoms with Crippen LogP contribution in [0.25, 0.3) is 10.2 Å². The van der Waals surface area contributed by atoms with Crippen LogP contribution in [-0.4, -0.2) is 59.1 Å². The monoisotopic (exact) mass is 541 g/mol. The number of hydrogen-bond donors (Lipinski definition) is 1. The first kappa shape index (κ1) is 25.8. The highest BCUT2D eigenvalue weighted by Crippen LogP contribution is 2.29. The molecule has 202 valence electrons. The maximum Gasteiger partial charge on any atom is 0.280 e. The van der Waals surface area contributed by atoms with Gasteiger partial charge in [-0.25, -0.2) is 4.98 Å². The number of likely N-dealkylation sites (tertiary alicyclic amines) is 1. The van der Waals surface area contributed by atoms with Crippen LogP contribution in [0.2, 0.25) is 0 Å². The third-order valence-electron chi connectivity index (χ3n) is 7.78. The van der Waals surface area contributed by atoms with Crippen LogP contribution < -0.4 is 15.0 Å². The van der Waals surface area contributed by atoms with Crippen molar-refractivity contribution in [2.24, 2.45) is 0 Å². The Balaban J connectivity index is 0.999. The lowest BCUT2D eigenvalue weighted by Gasteiger charge is -2.33. The van der Waals surface area contributed by atoms with Crippen LogP contribution in [0.15, 0.2) is 67.0 Å². The number of hydrogen-bond acceptors (Lipinski definition) is 7. The van der Waals surface area contributed by atoms with E-state index >= 15 is 0 Å². The number of carbonyl (C=O) groups excluding carboxylic acids is 1. The van der Waals surface area contributed by atoms with E-state index in [-0.39, 0.29) is 18.1 Å². The van der Waals surface area contributed by atoms with Crippen molar-refractivity contribution in [3.05, 3.63) is 83.1 Å². The summed E-state index contributed by atoms with van der Waals surface area (Å²) in [5.74, 6) is 0.781. The van der Waals surface area contributed by atoms with Crippen LogP contribution >= 0.6 is 11.3 Å². The van der Waals surface area contributed by atoms with Gasteiger partial charge in [0.05, 0.1) is 10.2 Å². The predicted octanol–water partition coefficient (Wildman–Crippen LogP) is 5.44. The van der Waals surface area contributed by atoms with Gasteiger partial charge < -0.3 is 15.0 Å². The number of carbonyl (C=O) groups is 1. The Labute approximate surface area is 233 Å². The van der Waals surface area contributed by atoms with E-state index in [9.17, 15) is 4.79 Å². The Morgan fingerprint density at radius 3 is 2.46 bits per heavy atom. The van der Waals surface area contributed by atoms with Gasteiger partial charge in [-0.3, -0.25) is 14.7 Å². The zero-order valence-electron chi connectivity index (χ0n) is 22.4. The van der Waals surface area contributed by atoms with E-state index in [4.69, 9.17) is 4.74 Å². The minimum atomic E-state index is -0.0743. The number of rotatable bonds is 7. The Hall–Kier alpha value is -3.49. The summed E-state index contributed by atoms with van der Waals surface area (Å²) >= 11 is 1.44. The molecule has 2 fully saturated rings. The lowest BCUT2D eigenvalue weighted by molar-refractivity contribution is 0.0908. The molecule has 0 aliphatic carbocycles. The fourth-order valence-electron chi connectivity index (χ4n) is 5.48. The zero-order chi connectivity index (χ0) is 26.6. The van der Waals surface area contributed by atoms with Gasteiger partial charge in [0.2, 0.25) is 0 Å². The summed E-state index contributed by atoms with van der Waals surface area (Å²) < 4.78 is 7.34. The number of piperidine rings is 2. The van der Waals surface area contributed by atoms with Crippen molar-refractivity contribution in [2.45, 2.75) is 51.3 Å². The molecule has 4 aromatic rings. The number of anilines is 1. The van der Waals surface area contributed by atoms with Crippen molar-refractivity contribution >= 4 is 33.1 Å². The highest BCUT2D eigenvalue weighted by atomic mass is 32.1. The molecule has 2 saturated heterocycles. The minimum Gasteiger partial charge on any atom is -0.490 e. The molecule has 2 aromatic carbocycles. The first-order valence-electron chi connectivity index (χ1n) is 13.9. The summed E-state index contributed by atoms with van der Waals surface area (Å²) in [5.41, 5.74) is 4.69. The summed E-state index contributed by atoms with van der Waals surface area (Å²) in [5, 5.41) is 3.74. The summed E-state index contributed by atoms with van der Waals surface area (Å²) in [6, 6.07) is 19.0. The molecule has 0 spiro atoms. The topological polar surface area (TPSA) is 70.6 Å². The largest absolute Gasteiger partial charge is 0.490 e. The van der Waals surface area contributed by atoms with Crippen LogP contribution in [0.1, 0.15) is 46.6 Å². The van der Waals surface area contributed by atoms with E-state index in [1.807, 2.05) is 30.6 Å². The van der Waals surface area contributed by atoms with Gasteiger partial charge in [-0.2, -0.15) is 0 Å². The molecule has 2 aromatic heterocycles. The van der Waals surface area contributed by atoms with Crippen LogP contribution in [0.4, 0.5) is 5.69 Å². The first-order valence-corrected chi connectivity index (χ1v) is 14.7. The van der Waals surface area contributed by atoms with Gasteiger partial charge in [-0.05, 0) is 67.8 Å². The smallest absolute Gasteiger partial charge is 0.280 e. The van der Waals surface area contributed by atoms with Crippen LogP contribution in [0, 0.1) is 6.92 Å². The van der Waals surface area contributed by atoms with Crippen molar-refractivity contribution in [1.29, 1.82) is 0 Å². The Morgan fingerprint density at radius 2 is 1.72 bits per heavy atom. The average Bonchev–Trinajstić information content (AvgIpc) is 3.39. The number of nitrogens with zero attached hydrogens (tertiary/aromatic N) is 4. The van der Waals surface area contributed by atoms with Crippen molar-refractivity contribution in [3.63, 3.8) is 0 Å². The zero-order valence-corrected chi connectivity index (χ0v) is 23.2. The van der Waals surface area contributed by atoms with E-state index in [2.05, 4.69) is 68.4 Å². The molecule has 1 amide bonds. The first-order chi connectivity index (χ1) is 19.1. The quantitative estimate of drug-likeness (QED) is 0.336. The van der Waals surface area contributed by atoms with Crippen LogP contribution in [-0.2, 0) is 6.54 Å². The van der Waals surface area contributed by atoms with E-state index < -0.39 is 0 Å². The number of amides is 1. The Kier molecular flexibility index (Phi) is 7.74. The van der Waals surface area contributed by atoms with Gasteiger partial charge in [-0.1, -0.05) is 17.7 Å². The number of ether oxygens (including phenoxy) is 1. The van der Waals surface area contributed by atoms with Gasteiger partial charge in [-0.15, -0.1) is 11.3 Å². The van der Waals surface area contributed by atoms with E-state index in [1.165, 1.54) is 28.2 Å². The van der Waals surface area contributed by atoms with Crippen LogP contribution in [0.3, 0.4) is 0 Å². The van der Waals surface area contributed by atoms with Gasteiger partial charge in [0.15, 0.2) is 5.01 Å². The maximum absolute atomic E-state index is 13.0. The molecule has 0 atom stereocenters. The molecule has 8 heteroatoms. The SMILES string of the molecule is Cc1ccc(N2CCC(Oc3ccc4nc(C(=O)NC5CCN(Cc6ccncc6)CC5)sc4c3)CC2)cc1. The number of aryl methyl sites for hydroxylation is 1. The van der Waals surface area contributed by atoms with Crippen molar-refractivity contribution in [3.8, 4) is 5.75 Å². The second kappa shape index (κ2) is 11.7. The van der Waals surface area contributed by atoms with Crippen molar-refractivity contribution in [1.82, 2.24) is 20.2 Å². The highest BCUT2D eigenvalue weighted by molar-refractivity contribution is 7.20. The van der Waals surface area contributed by atoms with Gasteiger partial charge in [0.1, 0.15) is 11.9 Å². The summed E-state index contributed by atoms with van der Waals surface area (Å²) in [4.78, 5) is 26.6. The Bertz CT molecular complexity index is 1390. The number of pyridine rings is 1. The molecule has 2 aliphatic rings. The summed E-state index contributed by atoms with van der Waals surface area (Å²) in [6.45, 7) is 6.97. The standard InChI is InChI=1S/C31H35N5O2S/c1-22-2-4-25(5-3-22)36-18-12-26(13-19-36)38-27-6-7-28-29(20-27)39-31(34-28)30(37)33-24-10-16-35(17-11-24)21-23-8-14-32-15-9-23/h2-9,14-15,20,24,26H,10-13,16-19,21H2,1H3,(H,33,37). The van der Waals surface area contributed by atoms with E-state index in [1.54, 1.807) is 0 Å². The van der Waals surface area contributed by atoms with Gasteiger partial charge >= 0.3 is 0 Å². The van der Waals surface area contributed by atoms with Crippen molar-refractivity contribution < 1.29 is 9.53 Å². The molecule has 0 saturated carbocycles. The molecule has 7 nitrogen and oxygen atoms in total. The normalized spacial score (nSPS) is 17.4. The van der Waals surface area contributed by atoms with E-state index in [0.717, 1.165) is 74.4 Å². The third kappa shape index (κ3) is 6.40. The Morgan fingerprint density at radius 1 is 0.974 bits per heavy atom. The molecule has 0 bridgehead atoms. The molecule has 39 heavy (non-hydrogen) atoms. The third-order valence-corrected chi connectivity index (χ3v) is 8.79. The minimum absolute atomic E-state index is 0.0743. The molecule has 6 rings (SSSR count). The van der Waals surface area contributed by atoms with Gasteiger partial charge in [0.25, 0.3) is 5.91 Å². The number of fused-ring (bicyclic) bond motifs is 1. The second-order valence-corrected chi connectivity index (χ2v) is 11.7. The fourth-order valence-corrected chi connectivity index (χ4v) is 6.38. The molecular formula is C31H35N5O2S. The number of benzene rings is 2. The fraction of sp³-hybridized carbons (Fsp3) is 0.387.